The summed E-state index contributed by atoms with van der Waals surface area (Å²) in [5, 5.41) is 10.5. The van der Waals surface area contributed by atoms with Gasteiger partial charge in [-0.25, -0.2) is 0 Å². The number of amides is 2. The number of ether oxygens (including phenoxy) is 1. The molecule has 6 nitrogen and oxygen atoms in total. The highest BCUT2D eigenvalue weighted by atomic mass is 19.4. The summed E-state index contributed by atoms with van der Waals surface area (Å²) in [7, 11) is 0. The van der Waals surface area contributed by atoms with Crippen LogP contribution >= 0.6 is 0 Å². The maximum Gasteiger partial charge on any atom is 0.404 e. The molecule has 2 aromatic carbocycles. The van der Waals surface area contributed by atoms with E-state index in [0.29, 0.717) is 26.0 Å². The van der Waals surface area contributed by atoms with E-state index in [-0.39, 0.29) is 43.5 Å². The van der Waals surface area contributed by atoms with Gasteiger partial charge in [0.2, 0.25) is 11.8 Å². The number of benzene rings is 2. The predicted octanol–water partition coefficient (Wildman–Crippen LogP) is 4.64. The van der Waals surface area contributed by atoms with Gasteiger partial charge in [0, 0.05) is 38.6 Å². The van der Waals surface area contributed by atoms with Gasteiger partial charge in [-0.15, -0.1) is 0 Å². The SMILES string of the molecule is CCO.CCOc1ccccc1C1CNC(=O)CC12CCN(C(=O)C(c1ccccc1)C(F)(F)F)CC2. The number of likely N-dealkylation sites (tertiary alicyclic amines) is 1. The van der Waals surface area contributed by atoms with Crippen molar-refractivity contribution in [1.29, 1.82) is 0 Å². The number of hydrogen-bond acceptors (Lipinski definition) is 4. The van der Waals surface area contributed by atoms with Gasteiger partial charge in [0.25, 0.3) is 0 Å². The zero-order chi connectivity index (χ0) is 27.1. The molecule has 0 aromatic heterocycles. The topological polar surface area (TPSA) is 78.9 Å². The lowest BCUT2D eigenvalue weighted by molar-refractivity contribution is -0.173. The molecule has 0 aliphatic carbocycles. The Balaban J connectivity index is 0.00000121. The molecule has 2 atom stereocenters. The second kappa shape index (κ2) is 12.4. The van der Waals surface area contributed by atoms with Gasteiger partial charge in [-0.3, -0.25) is 9.59 Å². The van der Waals surface area contributed by atoms with Gasteiger partial charge in [0.1, 0.15) is 5.75 Å². The molecule has 37 heavy (non-hydrogen) atoms. The van der Waals surface area contributed by atoms with E-state index in [9.17, 15) is 22.8 Å². The van der Waals surface area contributed by atoms with Crippen LogP contribution in [0.25, 0.3) is 0 Å². The summed E-state index contributed by atoms with van der Waals surface area (Å²) in [4.78, 5) is 26.8. The average Bonchev–Trinajstić information content (AvgIpc) is 2.86. The molecule has 0 bridgehead atoms. The Morgan fingerprint density at radius 3 is 2.30 bits per heavy atom. The molecule has 2 aromatic rings. The molecule has 2 aliphatic rings. The Bertz CT molecular complexity index is 1040. The van der Waals surface area contributed by atoms with Crippen LogP contribution in [0.3, 0.4) is 0 Å². The third-order valence-electron chi connectivity index (χ3n) is 7.13. The number of carbonyl (C=O) groups is 2. The smallest absolute Gasteiger partial charge is 0.404 e. The van der Waals surface area contributed by atoms with Crippen molar-refractivity contribution in [3.63, 3.8) is 0 Å². The van der Waals surface area contributed by atoms with Gasteiger partial charge in [0.05, 0.1) is 6.61 Å². The first-order chi connectivity index (χ1) is 17.7. The van der Waals surface area contributed by atoms with Crippen molar-refractivity contribution in [1.82, 2.24) is 10.2 Å². The number of rotatable bonds is 5. The van der Waals surface area contributed by atoms with E-state index in [1.165, 1.54) is 29.2 Å². The standard InChI is InChI=1S/C26H29F3N2O3.C2H6O/c1-2-34-21-11-7-6-10-19(21)20-17-30-22(32)16-25(20)12-14-31(15-13-25)24(33)23(26(27,28)29)18-8-4-3-5-9-18;1-2-3/h3-11,20,23H,2,12-17H2,1H3,(H,30,32);3H,2H2,1H3. The Kier molecular flexibility index (Phi) is 9.59. The summed E-state index contributed by atoms with van der Waals surface area (Å²) in [6.07, 6.45) is -3.49. The monoisotopic (exact) mass is 520 g/mol. The van der Waals surface area contributed by atoms with Crippen molar-refractivity contribution in [2.24, 2.45) is 5.41 Å². The zero-order valence-electron chi connectivity index (χ0n) is 21.3. The van der Waals surface area contributed by atoms with Crippen LogP contribution < -0.4 is 10.1 Å². The van der Waals surface area contributed by atoms with Gasteiger partial charge in [-0.05, 0) is 49.3 Å². The van der Waals surface area contributed by atoms with E-state index in [0.717, 1.165) is 11.3 Å². The van der Waals surface area contributed by atoms with Crippen LogP contribution in [-0.2, 0) is 9.59 Å². The number of piperidine rings is 2. The van der Waals surface area contributed by atoms with Crippen LogP contribution in [0.5, 0.6) is 5.75 Å². The highest BCUT2D eigenvalue weighted by Crippen LogP contribution is 2.51. The summed E-state index contributed by atoms with van der Waals surface area (Å²) in [6, 6.07) is 15.0. The molecule has 2 saturated heterocycles. The first-order valence-corrected chi connectivity index (χ1v) is 12.7. The molecule has 0 saturated carbocycles. The average molecular weight is 521 g/mol. The van der Waals surface area contributed by atoms with Gasteiger partial charge in [0.15, 0.2) is 5.92 Å². The Morgan fingerprint density at radius 1 is 1.11 bits per heavy atom. The zero-order valence-corrected chi connectivity index (χ0v) is 21.3. The summed E-state index contributed by atoms with van der Waals surface area (Å²) in [5.41, 5.74) is 0.495. The summed E-state index contributed by atoms with van der Waals surface area (Å²) in [6.45, 7) is 5.14. The molecule has 4 rings (SSSR count). The highest BCUT2D eigenvalue weighted by molar-refractivity contribution is 5.85. The molecular formula is C28H35F3N2O4. The van der Waals surface area contributed by atoms with Gasteiger partial charge in [-0.2, -0.15) is 13.2 Å². The molecule has 2 aliphatic heterocycles. The molecule has 2 amide bonds. The van der Waals surface area contributed by atoms with Crippen molar-refractivity contribution >= 4 is 11.8 Å². The van der Waals surface area contributed by atoms with Crippen LogP contribution in [0.15, 0.2) is 54.6 Å². The number of hydrogen-bond donors (Lipinski definition) is 2. The molecule has 1 spiro atoms. The number of halogens is 3. The van der Waals surface area contributed by atoms with Crippen molar-refractivity contribution in [2.45, 2.75) is 51.1 Å². The number of para-hydroxylation sites is 1. The lowest BCUT2D eigenvalue weighted by Crippen LogP contribution is -2.54. The van der Waals surface area contributed by atoms with Crippen LogP contribution in [0.1, 0.15) is 56.1 Å². The molecule has 0 radical (unpaired) electrons. The second-order valence-electron chi connectivity index (χ2n) is 9.39. The van der Waals surface area contributed by atoms with Gasteiger partial charge in [-0.1, -0.05) is 48.5 Å². The first-order valence-electron chi connectivity index (χ1n) is 12.7. The quantitative estimate of drug-likeness (QED) is 0.602. The van der Waals surface area contributed by atoms with Crippen LogP contribution in [0.4, 0.5) is 13.2 Å². The molecule has 2 N–H and O–H groups in total. The van der Waals surface area contributed by atoms with Crippen molar-refractivity contribution in [2.75, 3.05) is 32.8 Å². The maximum atomic E-state index is 13.9. The third kappa shape index (κ3) is 6.63. The Morgan fingerprint density at radius 2 is 1.70 bits per heavy atom. The minimum atomic E-state index is -4.68. The van der Waals surface area contributed by atoms with E-state index in [1.54, 1.807) is 13.0 Å². The van der Waals surface area contributed by atoms with E-state index in [2.05, 4.69) is 5.32 Å². The number of nitrogens with one attached hydrogen (secondary N) is 1. The molecule has 2 heterocycles. The number of nitrogens with zero attached hydrogens (tertiary/aromatic N) is 1. The lowest BCUT2D eigenvalue weighted by atomic mass is 9.62. The van der Waals surface area contributed by atoms with Crippen LogP contribution in [-0.4, -0.2) is 60.8 Å². The van der Waals surface area contributed by atoms with Gasteiger partial charge < -0.3 is 20.1 Å². The molecule has 2 fully saturated rings. The normalized spacial score (nSPS) is 19.9. The Labute approximate surface area is 215 Å². The number of aliphatic hydroxyl groups is 1. The van der Waals surface area contributed by atoms with E-state index in [4.69, 9.17) is 9.84 Å². The minimum absolute atomic E-state index is 0.0438. The van der Waals surface area contributed by atoms with Crippen molar-refractivity contribution < 1.29 is 32.6 Å². The molecule has 9 heteroatoms. The fourth-order valence-corrected chi connectivity index (χ4v) is 5.43. The van der Waals surface area contributed by atoms with Crippen LogP contribution in [0, 0.1) is 5.41 Å². The highest BCUT2D eigenvalue weighted by Gasteiger charge is 2.51. The second-order valence-corrected chi connectivity index (χ2v) is 9.39. The third-order valence-corrected chi connectivity index (χ3v) is 7.13. The number of aliphatic hydroxyl groups excluding tert-OH is 1. The molecular weight excluding hydrogens is 485 g/mol. The summed E-state index contributed by atoms with van der Waals surface area (Å²) in [5.74, 6) is -2.47. The lowest BCUT2D eigenvalue weighted by Gasteiger charge is -2.49. The molecule has 2 unspecified atom stereocenters. The van der Waals surface area contributed by atoms with Crippen molar-refractivity contribution in [3.8, 4) is 5.75 Å². The van der Waals surface area contributed by atoms with Crippen LogP contribution in [0.2, 0.25) is 0 Å². The van der Waals surface area contributed by atoms with E-state index in [1.807, 2.05) is 31.2 Å². The largest absolute Gasteiger partial charge is 0.494 e. The maximum absolute atomic E-state index is 13.9. The van der Waals surface area contributed by atoms with E-state index < -0.39 is 23.4 Å². The fourth-order valence-electron chi connectivity index (χ4n) is 5.43. The Hall–Kier alpha value is -3.07. The van der Waals surface area contributed by atoms with E-state index >= 15 is 0 Å². The number of carbonyl (C=O) groups excluding carboxylic acids is 2. The molecule has 202 valence electrons. The van der Waals surface area contributed by atoms with Gasteiger partial charge >= 0.3 is 6.18 Å². The summed E-state index contributed by atoms with van der Waals surface area (Å²) < 4.78 is 47.5. The first kappa shape index (κ1) is 28.5. The minimum Gasteiger partial charge on any atom is -0.494 e. The van der Waals surface area contributed by atoms with Crippen molar-refractivity contribution in [3.05, 3.63) is 65.7 Å². The fraction of sp³-hybridized carbons (Fsp3) is 0.500. The predicted molar refractivity (Wildman–Crippen MR) is 134 cm³/mol. The number of alkyl halides is 3. The summed E-state index contributed by atoms with van der Waals surface area (Å²) >= 11 is 0.